The topological polar surface area (TPSA) is 146 Å². The second-order valence-corrected chi connectivity index (χ2v) is 9.81. The minimum Gasteiger partial charge on any atom is -0.454 e. The lowest BCUT2D eigenvalue weighted by molar-refractivity contribution is -0.327. The van der Waals surface area contributed by atoms with Crippen molar-refractivity contribution in [1.29, 1.82) is 0 Å². The van der Waals surface area contributed by atoms with Gasteiger partial charge in [0.05, 0.1) is 18.8 Å². The number of methoxy groups -OCH3 is 3. The van der Waals surface area contributed by atoms with Crippen LogP contribution in [0.3, 0.4) is 0 Å². The maximum Gasteiger partial charge on any atom is 0.254 e. The second kappa shape index (κ2) is 11.0. The molecule has 4 aliphatic heterocycles. The quantitative estimate of drug-likeness (QED) is 0.442. The van der Waals surface area contributed by atoms with Gasteiger partial charge in [0.2, 0.25) is 6.79 Å². The number of ether oxygens (including phenoxy) is 7. The van der Waals surface area contributed by atoms with Crippen molar-refractivity contribution in [3.8, 4) is 11.5 Å². The van der Waals surface area contributed by atoms with Gasteiger partial charge in [-0.2, -0.15) is 0 Å². The molecule has 12 nitrogen and oxygen atoms in total. The molecule has 5 rings (SSSR count). The molecule has 0 saturated carbocycles. The number of hydrogen-bond donors (Lipinski definition) is 3. The molecule has 12 heteroatoms. The van der Waals surface area contributed by atoms with Gasteiger partial charge >= 0.3 is 0 Å². The van der Waals surface area contributed by atoms with Crippen LogP contribution in [0.1, 0.15) is 29.9 Å². The SMILES string of the molecule is CO[C@@H]1[C@@H](OC)[C@H](O[C@@H]2CC(O)[C@H]3CCN(Cc4cc5c(cc43)OCO5)C(=O)[C@H]2O)O[C@H](CO)[C@H]1OC. The van der Waals surface area contributed by atoms with Crippen LogP contribution in [0.25, 0.3) is 0 Å². The molecule has 0 spiro atoms. The minimum absolute atomic E-state index is 0.0370. The molecule has 37 heavy (non-hydrogen) atoms. The summed E-state index contributed by atoms with van der Waals surface area (Å²) < 4.78 is 39.9. The van der Waals surface area contributed by atoms with E-state index in [1.165, 1.54) is 21.3 Å². The van der Waals surface area contributed by atoms with E-state index in [1.54, 1.807) is 4.90 Å². The van der Waals surface area contributed by atoms with Crippen molar-refractivity contribution < 1.29 is 53.3 Å². The Balaban J connectivity index is 1.44. The fourth-order valence-corrected chi connectivity index (χ4v) is 5.92. The Bertz CT molecular complexity index is 976. The minimum atomic E-state index is -1.56. The smallest absolute Gasteiger partial charge is 0.254 e. The normalized spacial score (nSPS) is 37.5. The van der Waals surface area contributed by atoms with Crippen LogP contribution in [0.15, 0.2) is 12.1 Å². The lowest BCUT2D eigenvalue weighted by atomic mass is 9.84. The van der Waals surface area contributed by atoms with Gasteiger partial charge in [0.15, 0.2) is 23.9 Å². The highest BCUT2D eigenvalue weighted by Crippen LogP contribution is 2.43. The van der Waals surface area contributed by atoms with Crippen LogP contribution in [0.4, 0.5) is 0 Å². The van der Waals surface area contributed by atoms with Gasteiger partial charge in [-0.3, -0.25) is 4.79 Å². The van der Waals surface area contributed by atoms with E-state index in [4.69, 9.17) is 33.2 Å². The predicted octanol–water partition coefficient (Wildman–Crippen LogP) is -0.496. The van der Waals surface area contributed by atoms with Crippen LogP contribution in [0.5, 0.6) is 11.5 Å². The first-order valence-corrected chi connectivity index (χ1v) is 12.5. The number of amides is 1. The zero-order chi connectivity index (χ0) is 26.3. The van der Waals surface area contributed by atoms with E-state index >= 15 is 0 Å². The van der Waals surface area contributed by atoms with Crippen LogP contribution < -0.4 is 9.47 Å². The van der Waals surface area contributed by atoms with Crippen molar-refractivity contribution in [2.75, 3.05) is 41.3 Å². The zero-order valence-electron chi connectivity index (χ0n) is 21.1. The standard InChI is InChI=1S/C25H35NO11/c1-31-21-19(10-27)37-25(23(33-3)22(21)32-2)36-18-8-15(28)13-4-5-26(24(30)20(18)29)9-12-6-16-17(7-14(12)13)35-11-34-16/h6-7,13,15,18-23,25,27-29H,4-5,8-11H2,1-3H3/t13-,15?,18+,19+,20-,21+,22-,23+,25+/m0/s1. The molecule has 1 aromatic rings. The van der Waals surface area contributed by atoms with Crippen LogP contribution in [-0.4, -0.2) is 116 Å². The monoisotopic (exact) mass is 525 g/mol. The Labute approximate surface area is 214 Å². The van der Waals surface area contributed by atoms with Gasteiger partial charge in [0.1, 0.15) is 24.4 Å². The van der Waals surface area contributed by atoms with Crippen molar-refractivity contribution in [2.45, 2.75) is 74.3 Å². The van der Waals surface area contributed by atoms with Crippen molar-refractivity contribution in [3.63, 3.8) is 0 Å². The molecule has 1 amide bonds. The highest BCUT2D eigenvalue weighted by atomic mass is 16.7. The summed E-state index contributed by atoms with van der Waals surface area (Å²) in [6.45, 7) is 0.365. The summed E-state index contributed by atoms with van der Waals surface area (Å²) in [7, 11) is 4.42. The molecule has 2 saturated heterocycles. The van der Waals surface area contributed by atoms with E-state index in [0.717, 1.165) is 11.1 Å². The van der Waals surface area contributed by atoms with E-state index in [9.17, 15) is 20.1 Å². The summed E-state index contributed by atoms with van der Waals surface area (Å²) in [5.74, 6) is 0.372. The summed E-state index contributed by atoms with van der Waals surface area (Å²) >= 11 is 0. The molecule has 3 N–H and O–H groups in total. The molecule has 2 fully saturated rings. The summed E-state index contributed by atoms with van der Waals surface area (Å²) in [4.78, 5) is 15.0. The summed E-state index contributed by atoms with van der Waals surface area (Å²) in [6.07, 6.45) is -7.10. The molecule has 0 radical (unpaired) electrons. The molecule has 1 aromatic carbocycles. The molecule has 9 atom stereocenters. The number of aliphatic hydroxyl groups excluding tert-OH is 3. The number of rotatable bonds is 6. The summed E-state index contributed by atoms with van der Waals surface area (Å²) in [5, 5.41) is 32.4. The number of nitrogens with zero attached hydrogens (tertiary/aromatic N) is 1. The first-order chi connectivity index (χ1) is 17.9. The maximum atomic E-state index is 13.5. The van der Waals surface area contributed by atoms with Gasteiger partial charge in [-0.05, 0) is 29.7 Å². The van der Waals surface area contributed by atoms with Crippen LogP contribution in [0, 0.1) is 0 Å². The predicted molar refractivity (Wildman–Crippen MR) is 125 cm³/mol. The van der Waals surface area contributed by atoms with Gasteiger partial charge < -0.3 is 53.4 Å². The molecule has 0 aromatic heterocycles. The Morgan fingerprint density at radius 2 is 1.73 bits per heavy atom. The van der Waals surface area contributed by atoms with E-state index < -0.39 is 54.9 Å². The number of fused-ring (bicyclic) bond motifs is 6. The average Bonchev–Trinajstić information content (AvgIpc) is 3.29. The molecule has 206 valence electrons. The first kappa shape index (κ1) is 26.6. The number of benzene rings is 1. The number of hydrogen-bond acceptors (Lipinski definition) is 11. The third kappa shape index (κ3) is 4.81. The van der Waals surface area contributed by atoms with Gasteiger partial charge in [-0.1, -0.05) is 0 Å². The Morgan fingerprint density at radius 1 is 1.03 bits per heavy atom. The molecule has 1 unspecified atom stereocenters. The third-order valence-electron chi connectivity index (χ3n) is 7.86. The lowest BCUT2D eigenvalue weighted by Crippen LogP contribution is -2.62. The Kier molecular flexibility index (Phi) is 7.89. The van der Waals surface area contributed by atoms with Crippen LogP contribution in [0.2, 0.25) is 0 Å². The average molecular weight is 526 g/mol. The fraction of sp³-hybridized carbons (Fsp3) is 0.720. The second-order valence-electron chi connectivity index (χ2n) is 9.81. The van der Waals surface area contributed by atoms with E-state index in [2.05, 4.69) is 0 Å². The Morgan fingerprint density at radius 3 is 2.41 bits per heavy atom. The molecule has 0 aliphatic carbocycles. The lowest BCUT2D eigenvalue weighted by Gasteiger charge is -2.45. The zero-order valence-corrected chi connectivity index (χ0v) is 21.1. The van der Waals surface area contributed by atoms with E-state index in [0.29, 0.717) is 24.5 Å². The van der Waals surface area contributed by atoms with Crippen LogP contribution >= 0.6 is 0 Å². The summed E-state index contributed by atoms with van der Waals surface area (Å²) in [5.41, 5.74) is 1.73. The van der Waals surface area contributed by atoms with Crippen molar-refractivity contribution >= 4 is 5.91 Å². The van der Waals surface area contributed by atoms with Gasteiger partial charge in [0, 0.05) is 46.8 Å². The molecule has 4 aliphatic rings. The van der Waals surface area contributed by atoms with E-state index in [-0.39, 0.29) is 32.3 Å². The van der Waals surface area contributed by atoms with Crippen molar-refractivity contribution in [1.82, 2.24) is 4.90 Å². The van der Waals surface area contributed by atoms with Crippen molar-refractivity contribution in [3.05, 3.63) is 23.3 Å². The molecular weight excluding hydrogens is 490 g/mol. The largest absolute Gasteiger partial charge is 0.454 e. The van der Waals surface area contributed by atoms with Gasteiger partial charge in [-0.25, -0.2) is 0 Å². The highest BCUT2D eigenvalue weighted by molar-refractivity contribution is 5.81. The van der Waals surface area contributed by atoms with Gasteiger partial charge in [-0.15, -0.1) is 0 Å². The van der Waals surface area contributed by atoms with Gasteiger partial charge in [0.25, 0.3) is 5.91 Å². The van der Waals surface area contributed by atoms with Crippen molar-refractivity contribution in [2.24, 2.45) is 0 Å². The summed E-state index contributed by atoms with van der Waals surface area (Å²) in [6, 6.07) is 3.72. The fourth-order valence-electron chi connectivity index (χ4n) is 5.92. The molecule has 2 bridgehead atoms. The highest BCUT2D eigenvalue weighted by Gasteiger charge is 2.50. The molecular formula is C25H35NO11. The number of carbonyl (C=O) groups excluding carboxylic acids is 1. The Hall–Kier alpha value is -2.03. The first-order valence-electron chi connectivity index (χ1n) is 12.5. The number of aliphatic hydroxyl groups is 3. The third-order valence-corrected chi connectivity index (χ3v) is 7.86. The van der Waals surface area contributed by atoms with Crippen LogP contribution in [-0.2, 0) is 35.0 Å². The number of carbonyl (C=O) groups is 1. The maximum absolute atomic E-state index is 13.5. The van der Waals surface area contributed by atoms with E-state index in [1.807, 2.05) is 12.1 Å². The molecule has 4 heterocycles.